The van der Waals surface area contributed by atoms with Crippen molar-refractivity contribution in [3.63, 3.8) is 0 Å². The zero-order valence-corrected chi connectivity index (χ0v) is 86.3. The van der Waals surface area contributed by atoms with Crippen LogP contribution in [0.3, 0.4) is 0 Å². The molecule has 5 aromatic carbocycles. The molecule has 13 aromatic rings. The van der Waals surface area contributed by atoms with Crippen molar-refractivity contribution in [2.24, 2.45) is 21.8 Å². The van der Waals surface area contributed by atoms with Crippen molar-refractivity contribution in [3.05, 3.63) is 171 Å². The summed E-state index contributed by atoms with van der Waals surface area (Å²) in [5, 5.41) is 0.130. The Hall–Kier alpha value is -12.1. The molecule has 4 N–H and O–H groups in total. The van der Waals surface area contributed by atoms with Gasteiger partial charge in [0, 0.05) is 127 Å². The first-order valence-electron chi connectivity index (χ1n) is 48.3. The van der Waals surface area contributed by atoms with E-state index in [0.717, 1.165) is 132 Å². The van der Waals surface area contributed by atoms with Gasteiger partial charge in [0.15, 0.2) is 40.7 Å². The molecule has 23 rings (SSSR count). The van der Waals surface area contributed by atoms with Gasteiger partial charge in [0.25, 0.3) is 0 Å². The SMILES string of the molecule is C[C@@H]1COCCN1c1cc(N=S(C)(=O)C2CC2)nc(-c2cccc(N)c2)n1.C[C@@H]1COCCN1c1cc(N=S(C)(=O)C2COC2)nc(-n2cnc3ccccc32)n1.C[C@@H]1COCCN1c1cc(N=[S@@](C)(=O)C2COC2)nc(-n2cnc3ccccc32)n1.C[C@@H]1COCCN1c1cc(N=[S@](C)(=O)C2CC2)nc(-c2cccc(N)c2)n1.C[C@@H]1COCCN1c1cc(N=[S@](C)(=O)C2COC2)nc(-n2cnc3ccccc32)n1. The lowest BCUT2D eigenvalue weighted by molar-refractivity contribution is 0.0430. The smallest absolute Gasteiger partial charge is 0.239 e. The van der Waals surface area contributed by atoms with E-state index in [9.17, 15) is 21.0 Å². The number of nitrogens with zero attached hydrogens (tertiary/aromatic N) is 26. The minimum absolute atomic E-state index is 0.0734. The summed E-state index contributed by atoms with van der Waals surface area (Å²) in [6.45, 7) is 23.4. The number of imidazole rings is 3. The lowest BCUT2D eigenvalue weighted by Gasteiger charge is -2.34. The van der Waals surface area contributed by atoms with Crippen LogP contribution < -0.4 is 36.0 Å². The number of morpholine rings is 5. The van der Waals surface area contributed by atoms with E-state index in [1.54, 1.807) is 50.3 Å². The van der Waals surface area contributed by atoms with Gasteiger partial charge in [0.05, 0.1) is 233 Å². The predicted octanol–water partition coefficient (Wildman–Crippen LogP) is 12.2. The molecule has 8 saturated heterocycles. The molecule has 0 radical (unpaired) electrons. The zero-order valence-electron chi connectivity index (χ0n) is 82.2. The van der Waals surface area contributed by atoms with Gasteiger partial charge in [-0.1, -0.05) is 60.7 Å². The van der Waals surface area contributed by atoms with E-state index in [-0.39, 0.29) is 56.5 Å². The van der Waals surface area contributed by atoms with Crippen LogP contribution in [0, 0.1) is 0 Å². The molecule has 41 nitrogen and oxygen atoms in total. The highest BCUT2D eigenvalue weighted by Crippen LogP contribution is 2.39. The molecule has 10 fully saturated rings. The summed E-state index contributed by atoms with van der Waals surface area (Å²) in [5.74, 6) is 8.41. The van der Waals surface area contributed by atoms with Crippen LogP contribution in [-0.4, -0.2) is 326 Å². The highest BCUT2D eigenvalue weighted by molar-refractivity contribution is 7.95. The topological polar surface area (TPSA) is 472 Å². The molecule has 2 saturated carbocycles. The largest absolute Gasteiger partial charge is 0.399 e. The zero-order chi connectivity index (χ0) is 100. The summed E-state index contributed by atoms with van der Waals surface area (Å²) in [4.78, 5) is 71.3. The average Bonchev–Trinajstić information content (AvgIpc) is 1.62. The van der Waals surface area contributed by atoms with Gasteiger partial charge in [0.2, 0.25) is 17.8 Å². The molecule has 2 aliphatic carbocycles. The number of fused-ring (bicyclic) bond motifs is 3. The van der Waals surface area contributed by atoms with Crippen LogP contribution in [0.25, 0.3) is 73.7 Å². The third-order valence-corrected chi connectivity index (χ3v) is 37.1. The third-order valence-electron chi connectivity index (χ3n) is 26.4. The summed E-state index contributed by atoms with van der Waals surface area (Å²) in [7, 11) is -12.0. The second kappa shape index (κ2) is 43.3. The number of nitrogen functional groups attached to an aromatic ring is 2. The van der Waals surface area contributed by atoms with Crippen LogP contribution in [0.1, 0.15) is 60.3 Å². The van der Waals surface area contributed by atoms with Crippen molar-refractivity contribution < 1.29 is 58.9 Å². The van der Waals surface area contributed by atoms with Crippen LogP contribution in [0.15, 0.2) is 192 Å². The van der Waals surface area contributed by atoms with Crippen molar-refractivity contribution in [3.8, 4) is 40.6 Å². The number of aromatic nitrogens is 16. The fraction of sp³-hybridized carbons (Fsp3) is 0.459. The number of hydrogen-bond donors (Lipinski definition) is 2. The van der Waals surface area contributed by atoms with Crippen LogP contribution in [0.4, 0.5) is 69.6 Å². The molecule has 0 bridgehead atoms. The monoisotopic (exact) mass is 2060 g/mol. The summed E-state index contributed by atoms with van der Waals surface area (Å²) in [6.07, 6.45) is 17.5. The van der Waals surface area contributed by atoms with Crippen molar-refractivity contribution in [1.29, 1.82) is 0 Å². The van der Waals surface area contributed by atoms with Gasteiger partial charge >= 0.3 is 0 Å². The fourth-order valence-electron chi connectivity index (χ4n) is 17.4. The van der Waals surface area contributed by atoms with Crippen molar-refractivity contribution in [2.45, 2.75) is 117 Å². The highest BCUT2D eigenvalue weighted by Gasteiger charge is 2.37. The summed E-state index contributed by atoms with van der Waals surface area (Å²) in [6, 6.07) is 48.4. The molecule has 46 heteroatoms. The standard InChI is InChI=1S/3C20H24N6O3S.2C19H25N5O2S/c3*1-14-10-28-8-7-25(14)19-9-18(24-30(2,27)15-11-29-12-15)22-20(23-19)26-13-21-16-5-3-4-6-17(16)26;2*1-13-12-26-9-8-24(13)18-11-17(23-27(2,25)16-6-7-16)21-19(22-18)14-4-3-5-15(20)10-14/h3*3-6,9,13-15H,7-8,10-12H2,1-2H3;2*3-5,10-11,13,16H,6-9,12,20H2,1-2H3/t14-,30?;14-,30+;14-,30-;13-,27?;13-,27-/m11111/s1. The number of benzene rings is 5. The molecule has 8 aromatic heterocycles. The number of para-hydroxylation sites is 6. The van der Waals surface area contributed by atoms with Crippen LogP contribution in [-0.2, 0) is 86.5 Å². The Kier molecular flexibility index (Phi) is 30.3. The highest BCUT2D eigenvalue weighted by atomic mass is 32.2. The van der Waals surface area contributed by atoms with Gasteiger partial charge in [-0.2, -0.15) is 51.7 Å². The molecule has 8 aliphatic heterocycles. The van der Waals surface area contributed by atoms with Crippen molar-refractivity contribution >= 4 is 151 Å². The number of rotatable bonds is 20. The van der Waals surface area contributed by atoms with Crippen LogP contribution in [0.5, 0.6) is 0 Å². The van der Waals surface area contributed by atoms with Gasteiger partial charge in [-0.15, -0.1) is 0 Å². The third kappa shape index (κ3) is 23.7. The van der Waals surface area contributed by atoms with Gasteiger partial charge in [-0.3, -0.25) is 13.7 Å². The summed E-state index contributed by atoms with van der Waals surface area (Å²) < 4.78 is 137. The predicted molar refractivity (Wildman–Crippen MR) is 563 cm³/mol. The lowest BCUT2D eigenvalue weighted by Crippen LogP contribution is -2.44. The Labute approximate surface area is 838 Å². The van der Waals surface area contributed by atoms with Crippen molar-refractivity contribution in [1.82, 2.24) is 78.5 Å². The second-order valence-electron chi connectivity index (χ2n) is 37.8. The molecular weight excluding hydrogens is 1940 g/mol. The Morgan fingerprint density at radius 1 is 0.285 bits per heavy atom. The quantitative estimate of drug-likeness (QED) is 0.0669. The van der Waals surface area contributed by atoms with E-state index in [1.165, 1.54) is 0 Å². The maximum Gasteiger partial charge on any atom is 0.239 e. The molecule has 10 aliphatic rings. The number of anilines is 7. The molecule has 144 heavy (non-hydrogen) atoms. The number of ether oxygens (including phenoxy) is 8. The molecule has 0 spiro atoms. The Balaban J connectivity index is 0.000000114. The Morgan fingerprint density at radius 2 is 0.535 bits per heavy atom. The van der Waals surface area contributed by atoms with Crippen molar-refractivity contribution in [2.75, 3.05) is 206 Å². The molecule has 2 unspecified atom stereocenters. The fourth-order valence-corrected chi connectivity index (χ4v) is 24.6. The first-order valence-corrected chi connectivity index (χ1v) is 58.3. The van der Waals surface area contributed by atoms with Gasteiger partial charge < -0.3 is 73.9 Å². The van der Waals surface area contributed by atoms with Gasteiger partial charge in [0.1, 0.15) is 48.1 Å². The Bertz CT molecular complexity index is 6960. The van der Waals surface area contributed by atoms with E-state index in [0.29, 0.717) is 176 Å². The summed E-state index contributed by atoms with van der Waals surface area (Å²) in [5.41, 5.74) is 20.1. The first-order chi connectivity index (χ1) is 69.4. The number of hydrogen-bond acceptors (Lipinski definition) is 38. The maximum absolute atomic E-state index is 13.1. The van der Waals surface area contributed by atoms with Crippen LogP contribution >= 0.6 is 0 Å². The molecule has 16 heterocycles. The van der Waals surface area contributed by atoms with E-state index in [2.05, 4.69) is 121 Å². The summed E-state index contributed by atoms with van der Waals surface area (Å²) >= 11 is 0. The van der Waals surface area contributed by atoms with E-state index < -0.39 is 48.6 Å². The maximum atomic E-state index is 13.1. The van der Waals surface area contributed by atoms with E-state index in [1.807, 2.05) is 165 Å². The minimum Gasteiger partial charge on any atom is -0.399 e. The second-order valence-corrected chi connectivity index (χ2v) is 50.6. The average molecular weight is 2060 g/mol. The van der Waals surface area contributed by atoms with Crippen LogP contribution in [0.2, 0.25) is 0 Å². The van der Waals surface area contributed by atoms with Gasteiger partial charge in [-0.25, -0.2) is 55.9 Å². The van der Waals surface area contributed by atoms with E-state index >= 15 is 0 Å². The molecule has 0 amide bonds. The molecular formula is C98H122N28O13S5. The normalized spacial score (nSPS) is 22.1. The lowest BCUT2D eigenvalue weighted by atomic mass is 10.2. The molecule has 762 valence electrons. The Morgan fingerprint density at radius 3 is 0.778 bits per heavy atom. The van der Waals surface area contributed by atoms with Gasteiger partial charge in [-0.05, 0) is 121 Å². The first kappa shape index (κ1) is 101. The number of nitrogens with two attached hydrogens (primary N) is 2. The van der Waals surface area contributed by atoms with E-state index in [4.69, 9.17) is 74.3 Å². The molecule has 10 atom stereocenters. The minimum atomic E-state index is -2.47.